The number of hydrogen-bond donors (Lipinski definition) is 1. The van der Waals surface area contributed by atoms with Crippen LogP contribution in [0, 0.1) is 0 Å². The number of aromatic nitrogens is 1. The lowest BCUT2D eigenvalue weighted by Gasteiger charge is -2.21. The van der Waals surface area contributed by atoms with Crippen molar-refractivity contribution in [3.8, 4) is 0 Å². The van der Waals surface area contributed by atoms with Crippen LogP contribution in [0.15, 0.2) is 65.6 Å². The molecule has 0 unspecified atom stereocenters. The molecule has 0 saturated heterocycles. The lowest BCUT2D eigenvalue weighted by molar-refractivity contribution is 0.527. The van der Waals surface area contributed by atoms with E-state index < -0.39 is 0 Å². The third-order valence-corrected chi connectivity index (χ3v) is 3.46. The van der Waals surface area contributed by atoms with Crippen LogP contribution in [0.4, 0.5) is 11.4 Å². The molecule has 22 heavy (non-hydrogen) atoms. The highest BCUT2D eigenvalue weighted by molar-refractivity contribution is 5.73. The monoisotopic (exact) mass is 293 g/mol. The Hall–Kier alpha value is -2.75. The van der Waals surface area contributed by atoms with E-state index in [9.17, 15) is 0 Å². The van der Waals surface area contributed by atoms with E-state index >= 15 is 0 Å². The molecule has 0 atom stereocenters. The maximum absolute atomic E-state index is 5.79. The van der Waals surface area contributed by atoms with E-state index in [0.29, 0.717) is 12.4 Å². The Balaban J connectivity index is 1.81. The minimum absolute atomic E-state index is 0.613. The number of oxazole rings is 1. The molecule has 3 aromatic rings. The van der Waals surface area contributed by atoms with Gasteiger partial charge in [0.05, 0.1) is 17.9 Å². The van der Waals surface area contributed by atoms with Gasteiger partial charge in [-0.1, -0.05) is 30.3 Å². The predicted octanol–water partition coefficient (Wildman–Crippen LogP) is 4.06. The minimum Gasteiger partial charge on any atom is -0.439 e. The Morgan fingerprint density at radius 2 is 1.95 bits per heavy atom. The molecule has 0 bridgehead atoms. The zero-order valence-electron chi connectivity index (χ0n) is 12.6. The van der Waals surface area contributed by atoms with Gasteiger partial charge in [0, 0.05) is 13.6 Å². The standard InChI is InChI=1S/C18H19N3O/c1-3-12-19-14-8-4-6-10-16(14)21(2)13-18-20-15-9-5-7-11-17(15)22-18/h3-11,19H,1,12-13H2,2H3. The maximum Gasteiger partial charge on any atom is 0.215 e. The molecule has 0 fully saturated rings. The van der Waals surface area contributed by atoms with Crippen LogP contribution in [-0.2, 0) is 6.54 Å². The molecule has 0 radical (unpaired) electrons. The summed E-state index contributed by atoms with van der Waals surface area (Å²) >= 11 is 0. The third-order valence-electron chi connectivity index (χ3n) is 3.46. The largest absolute Gasteiger partial charge is 0.439 e. The van der Waals surface area contributed by atoms with Gasteiger partial charge in [-0.15, -0.1) is 6.58 Å². The van der Waals surface area contributed by atoms with Crippen molar-refractivity contribution < 1.29 is 4.42 Å². The van der Waals surface area contributed by atoms with E-state index in [1.54, 1.807) is 0 Å². The molecule has 4 nitrogen and oxygen atoms in total. The number of rotatable bonds is 6. The van der Waals surface area contributed by atoms with E-state index in [1.165, 1.54) is 0 Å². The summed E-state index contributed by atoms with van der Waals surface area (Å²) in [4.78, 5) is 6.65. The zero-order valence-corrected chi connectivity index (χ0v) is 12.6. The molecule has 1 aromatic heterocycles. The van der Waals surface area contributed by atoms with Crippen LogP contribution in [0.2, 0.25) is 0 Å². The molecular formula is C18H19N3O. The summed E-state index contributed by atoms with van der Waals surface area (Å²) in [6, 6.07) is 16.0. The summed E-state index contributed by atoms with van der Waals surface area (Å²) < 4.78 is 5.79. The van der Waals surface area contributed by atoms with E-state index in [1.807, 2.05) is 49.5 Å². The highest BCUT2D eigenvalue weighted by Gasteiger charge is 2.11. The summed E-state index contributed by atoms with van der Waals surface area (Å²) in [5.41, 5.74) is 3.89. The first-order chi connectivity index (χ1) is 10.8. The average molecular weight is 293 g/mol. The van der Waals surface area contributed by atoms with Gasteiger partial charge in [-0.05, 0) is 24.3 Å². The first kappa shape index (κ1) is 14.2. The number of para-hydroxylation sites is 4. The second-order valence-corrected chi connectivity index (χ2v) is 5.12. The smallest absolute Gasteiger partial charge is 0.215 e. The van der Waals surface area contributed by atoms with Crippen LogP contribution in [-0.4, -0.2) is 18.6 Å². The van der Waals surface area contributed by atoms with Gasteiger partial charge in [0.15, 0.2) is 5.58 Å². The quantitative estimate of drug-likeness (QED) is 0.696. The summed E-state index contributed by atoms with van der Waals surface area (Å²) in [6.45, 7) is 5.08. The Bertz CT molecular complexity index is 746. The Kier molecular flexibility index (Phi) is 4.10. The molecule has 0 saturated carbocycles. The molecule has 0 spiro atoms. The fourth-order valence-electron chi connectivity index (χ4n) is 2.41. The molecule has 112 valence electrons. The summed E-state index contributed by atoms with van der Waals surface area (Å²) in [5.74, 6) is 0.710. The lowest BCUT2D eigenvalue weighted by atomic mass is 10.2. The number of nitrogens with one attached hydrogen (secondary N) is 1. The van der Waals surface area contributed by atoms with Crippen molar-refractivity contribution in [3.63, 3.8) is 0 Å². The summed E-state index contributed by atoms with van der Waals surface area (Å²) in [5, 5.41) is 3.35. The van der Waals surface area contributed by atoms with E-state index in [4.69, 9.17) is 4.42 Å². The second-order valence-electron chi connectivity index (χ2n) is 5.12. The fourth-order valence-corrected chi connectivity index (χ4v) is 2.41. The van der Waals surface area contributed by atoms with Gasteiger partial charge in [0.25, 0.3) is 0 Å². The Morgan fingerprint density at radius 1 is 1.18 bits per heavy atom. The van der Waals surface area contributed by atoms with Crippen molar-refractivity contribution in [3.05, 3.63) is 67.1 Å². The van der Waals surface area contributed by atoms with E-state index in [0.717, 1.165) is 29.0 Å². The molecular weight excluding hydrogens is 274 g/mol. The molecule has 1 N–H and O–H groups in total. The number of benzene rings is 2. The number of nitrogens with zero attached hydrogens (tertiary/aromatic N) is 2. The molecule has 0 aliphatic rings. The molecule has 1 heterocycles. The van der Waals surface area contributed by atoms with Crippen LogP contribution in [0.1, 0.15) is 5.89 Å². The molecule has 2 aromatic carbocycles. The van der Waals surface area contributed by atoms with Crippen LogP contribution >= 0.6 is 0 Å². The number of hydrogen-bond acceptors (Lipinski definition) is 4. The first-order valence-corrected chi connectivity index (χ1v) is 7.27. The van der Waals surface area contributed by atoms with Gasteiger partial charge >= 0.3 is 0 Å². The zero-order chi connectivity index (χ0) is 15.4. The molecule has 0 amide bonds. The highest BCUT2D eigenvalue weighted by atomic mass is 16.3. The minimum atomic E-state index is 0.613. The van der Waals surface area contributed by atoms with Crippen LogP contribution in [0.5, 0.6) is 0 Å². The number of anilines is 2. The van der Waals surface area contributed by atoms with Crippen LogP contribution < -0.4 is 10.2 Å². The van der Waals surface area contributed by atoms with Crippen molar-refractivity contribution in [2.45, 2.75) is 6.54 Å². The fraction of sp³-hybridized carbons (Fsp3) is 0.167. The van der Waals surface area contributed by atoms with Gasteiger partial charge in [0.1, 0.15) is 5.52 Å². The van der Waals surface area contributed by atoms with Gasteiger partial charge < -0.3 is 14.6 Å². The topological polar surface area (TPSA) is 41.3 Å². The lowest BCUT2D eigenvalue weighted by Crippen LogP contribution is -2.18. The van der Waals surface area contributed by atoms with Gasteiger partial charge in [-0.3, -0.25) is 0 Å². The normalized spacial score (nSPS) is 10.6. The molecule has 4 heteroatoms. The Morgan fingerprint density at radius 3 is 2.77 bits per heavy atom. The molecule has 0 aliphatic heterocycles. The van der Waals surface area contributed by atoms with Crippen molar-refractivity contribution in [2.24, 2.45) is 0 Å². The SMILES string of the molecule is C=CCNc1ccccc1N(C)Cc1nc2ccccc2o1. The summed E-state index contributed by atoms with van der Waals surface area (Å²) in [7, 11) is 2.03. The highest BCUT2D eigenvalue weighted by Crippen LogP contribution is 2.26. The van der Waals surface area contributed by atoms with Crippen molar-refractivity contribution in [1.29, 1.82) is 0 Å². The second kappa shape index (κ2) is 6.35. The van der Waals surface area contributed by atoms with Crippen LogP contribution in [0.25, 0.3) is 11.1 Å². The maximum atomic E-state index is 5.79. The van der Waals surface area contributed by atoms with E-state index in [2.05, 4.69) is 33.9 Å². The van der Waals surface area contributed by atoms with Crippen molar-refractivity contribution >= 4 is 22.5 Å². The molecule has 3 rings (SSSR count). The van der Waals surface area contributed by atoms with Crippen molar-refractivity contribution in [1.82, 2.24) is 4.98 Å². The number of fused-ring (bicyclic) bond motifs is 1. The molecule has 0 aliphatic carbocycles. The van der Waals surface area contributed by atoms with Gasteiger partial charge in [-0.25, -0.2) is 4.98 Å². The van der Waals surface area contributed by atoms with Gasteiger partial charge in [0.2, 0.25) is 5.89 Å². The Labute approximate surface area is 130 Å². The summed E-state index contributed by atoms with van der Waals surface area (Å²) in [6.07, 6.45) is 1.84. The van der Waals surface area contributed by atoms with E-state index in [-0.39, 0.29) is 0 Å². The van der Waals surface area contributed by atoms with Gasteiger partial charge in [-0.2, -0.15) is 0 Å². The predicted molar refractivity (Wildman–Crippen MR) is 91.2 cm³/mol. The third kappa shape index (κ3) is 2.96. The van der Waals surface area contributed by atoms with Crippen molar-refractivity contribution in [2.75, 3.05) is 23.8 Å². The van der Waals surface area contributed by atoms with Crippen LogP contribution in [0.3, 0.4) is 0 Å². The average Bonchev–Trinajstić information content (AvgIpc) is 2.95. The first-order valence-electron chi connectivity index (χ1n) is 7.27.